The lowest BCUT2D eigenvalue weighted by Crippen LogP contribution is -2.25. The number of carbonyl (C=O) groups is 1. The summed E-state index contributed by atoms with van der Waals surface area (Å²) in [6, 6.07) is 26.6. The SMILES string of the molecule is Cc1c(C(=O)N(C)c2ccc(-c3ccccc3)cc2)sc2ccccc12. The maximum atomic E-state index is 13.0. The number of hydrogen-bond donors (Lipinski definition) is 0. The van der Waals surface area contributed by atoms with Gasteiger partial charge in [-0.2, -0.15) is 0 Å². The second kappa shape index (κ2) is 6.77. The van der Waals surface area contributed by atoms with Gasteiger partial charge in [0.1, 0.15) is 0 Å². The summed E-state index contributed by atoms with van der Waals surface area (Å²) in [7, 11) is 1.84. The Balaban J connectivity index is 1.63. The average molecular weight is 357 g/mol. The maximum absolute atomic E-state index is 13.0. The topological polar surface area (TPSA) is 20.3 Å². The maximum Gasteiger partial charge on any atom is 0.268 e. The van der Waals surface area contributed by atoms with Crippen LogP contribution in [0.4, 0.5) is 5.69 Å². The van der Waals surface area contributed by atoms with E-state index >= 15 is 0 Å². The number of aryl methyl sites for hydroxylation is 1. The van der Waals surface area contributed by atoms with Crippen LogP contribution >= 0.6 is 11.3 Å². The summed E-state index contributed by atoms with van der Waals surface area (Å²) >= 11 is 1.56. The molecule has 0 saturated heterocycles. The Morgan fingerprint density at radius 2 is 1.42 bits per heavy atom. The van der Waals surface area contributed by atoms with E-state index in [1.807, 2.05) is 56.4 Å². The molecule has 1 heterocycles. The van der Waals surface area contributed by atoms with Crippen LogP contribution in [0.25, 0.3) is 21.2 Å². The first-order valence-corrected chi connectivity index (χ1v) is 9.38. The van der Waals surface area contributed by atoms with E-state index < -0.39 is 0 Å². The fourth-order valence-electron chi connectivity index (χ4n) is 3.16. The predicted molar refractivity (Wildman–Crippen MR) is 111 cm³/mol. The zero-order valence-electron chi connectivity index (χ0n) is 14.8. The van der Waals surface area contributed by atoms with E-state index in [2.05, 4.69) is 36.4 Å². The molecule has 1 aromatic heterocycles. The molecule has 0 saturated carbocycles. The number of hydrogen-bond acceptors (Lipinski definition) is 2. The molecule has 4 rings (SSSR count). The standard InChI is InChI=1S/C23H19NOS/c1-16-20-10-6-7-11-21(20)26-22(16)23(25)24(2)19-14-12-18(13-15-19)17-8-4-3-5-9-17/h3-15H,1-2H3. The van der Waals surface area contributed by atoms with Crippen molar-refractivity contribution in [1.29, 1.82) is 0 Å². The van der Waals surface area contributed by atoms with Gasteiger partial charge in [0.05, 0.1) is 4.88 Å². The Hall–Kier alpha value is -2.91. The van der Waals surface area contributed by atoms with Crippen molar-refractivity contribution in [1.82, 2.24) is 0 Å². The first-order chi connectivity index (χ1) is 12.6. The molecule has 0 atom stereocenters. The van der Waals surface area contributed by atoms with Crippen LogP contribution < -0.4 is 4.90 Å². The Morgan fingerprint density at radius 1 is 0.808 bits per heavy atom. The largest absolute Gasteiger partial charge is 0.311 e. The number of nitrogens with zero attached hydrogens (tertiary/aromatic N) is 1. The lowest BCUT2D eigenvalue weighted by molar-refractivity contribution is 0.0996. The van der Waals surface area contributed by atoms with Gasteiger partial charge in [-0.25, -0.2) is 0 Å². The number of fused-ring (bicyclic) bond motifs is 1. The number of carbonyl (C=O) groups excluding carboxylic acids is 1. The molecular formula is C23H19NOS. The van der Waals surface area contributed by atoms with Crippen LogP contribution in [0.2, 0.25) is 0 Å². The van der Waals surface area contributed by atoms with Crippen molar-refractivity contribution >= 4 is 33.0 Å². The Morgan fingerprint density at radius 3 is 2.12 bits per heavy atom. The minimum Gasteiger partial charge on any atom is -0.311 e. The summed E-state index contributed by atoms with van der Waals surface area (Å²) in [5, 5.41) is 1.16. The molecule has 4 aromatic rings. The van der Waals surface area contributed by atoms with Gasteiger partial charge in [0.2, 0.25) is 0 Å². The molecule has 0 aliphatic rings. The van der Waals surface area contributed by atoms with Crippen LogP contribution in [0.15, 0.2) is 78.9 Å². The number of thiophene rings is 1. The van der Waals surface area contributed by atoms with Gasteiger partial charge in [-0.1, -0.05) is 60.7 Å². The van der Waals surface area contributed by atoms with Crippen molar-refractivity contribution in [2.24, 2.45) is 0 Å². The lowest BCUT2D eigenvalue weighted by atomic mass is 10.1. The first-order valence-electron chi connectivity index (χ1n) is 8.57. The van der Waals surface area contributed by atoms with Crippen molar-refractivity contribution < 1.29 is 4.79 Å². The second-order valence-electron chi connectivity index (χ2n) is 6.33. The highest BCUT2D eigenvalue weighted by Crippen LogP contribution is 2.32. The summed E-state index contributed by atoms with van der Waals surface area (Å²) in [5.74, 6) is 0.0381. The van der Waals surface area contributed by atoms with E-state index in [-0.39, 0.29) is 5.91 Å². The van der Waals surface area contributed by atoms with E-state index in [1.165, 1.54) is 5.56 Å². The average Bonchev–Trinajstić information content (AvgIpc) is 3.04. The zero-order chi connectivity index (χ0) is 18.1. The number of amides is 1. The molecular weight excluding hydrogens is 338 g/mol. The van der Waals surface area contributed by atoms with Gasteiger partial charge in [-0.05, 0) is 47.2 Å². The number of benzene rings is 3. The fraction of sp³-hybridized carbons (Fsp3) is 0.0870. The quantitative estimate of drug-likeness (QED) is 0.430. The summed E-state index contributed by atoms with van der Waals surface area (Å²) in [6.07, 6.45) is 0. The van der Waals surface area contributed by atoms with E-state index in [9.17, 15) is 4.79 Å². The lowest BCUT2D eigenvalue weighted by Gasteiger charge is -2.17. The molecule has 3 heteroatoms. The second-order valence-corrected chi connectivity index (χ2v) is 7.38. The molecule has 0 fully saturated rings. The van der Waals surface area contributed by atoms with E-state index in [0.717, 1.165) is 31.8 Å². The molecule has 0 radical (unpaired) electrons. The van der Waals surface area contributed by atoms with Crippen LogP contribution in [0, 0.1) is 6.92 Å². The van der Waals surface area contributed by atoms with Crippen LogP contribution in [-0.2, 0) is 0 Å². The highest BCUT2D eigenvalue weighted by molar-refractivity contribution is 7.21. The molecule has 128 valence electrons. The highest BCUT2D eigenvalue weighted by atomic mass is 32.1. The number of rotatable bonds is 3. The molecule has 0 N–H and O–H groups in total. The van der Waals surface area contributed by atoms with Crippen molar-refractivity contribution in [2.75, 3.05) is 11.9 Å². The van der Waals surface area contributed by atoms with Gasteiger partial charge in [0, 0.05) is 17.4 Å². The predicted octanol–water partition coefficient (Wildman–Crippen LogP) is 6.15. The number of anilines is 1. The molecule has 1 amide bonds. The Bertz CT molecular complexity index is 1060. The van der Waals surface area contributed by atoms with Crippen molar-refractivity contribution in [3.05, 3.63) is 89.3 Å². The Kier molecular flexibility index (Phi) is 4.31. The van der Waals surface area contributed by atoms with Gasteiger partial charge >= 0.3 is 0 Å². The Labute approximate surface area is 157 Å². The van der Waals surface area contributed by atoms with E-state index in [1.54, 1.807) is 16.2 Å². The third kappa shape index (κ3) is 2.91. The molecule has 0 spiro atoms. The van der Waals surface area contributed by atoms with Crippen LogP contribution in [0.5, 0.6) is 0 Å². The van der Waals surface area contributed by atoms with Gasteiger partial charge in [0.25, 0.3) is 5.91 Å². The van der Waals surface area contributed by atoms with Gasteiger partial charge in [-0.15, -0.1) is 11.3 Å². The molecule has 0 bridgehead atoms. The van der Waals surface area contributed by atoms with Crippen molar-refractivity contribution in [2.45, 2.75) is 6.92 Å². The monoisotopic (exact) mass is 357 g/mol. The third-order valence-electron chi connectivity index (χ3n) is 4.70. The molecule has 3 aromatic carbocycles. The fourth-order valence-corrected chi connectivity index (χ4v) is 4.34. The molecule has 0 aliphatic carbocycles. The van der Waals surface area contributed by atoms with E-state index in [0.29, 0.717) is 0 Å². The first kappa shape index (κ1) is 16.6. The van der Waals surface area contributed by atoms with Gasteiger partial charge in [0.15, 0.2) is 0 Å². The minimum absolute atomic E-state index is 0.0381. The summed E-state index contributed by atoms with van der Waals surface area (Å²) in [4.78, 5) is 15.6. The molecule has 2 nitrogen and oxygen atoms in total. The molecule has 26 heavy (non-hydrogen) atoms. The third-order valence-corrected chi connectivity index (χ3v) is 5.97. The minimum atomic E-state index is 0.0381. The smallest absolute Gasteiger partial charge is 0.268 e. The van der Waals surface area contributed by atoms with E-state index in [4.69, 9.17) is 0 Å². The molecule has 0 aliphatic heterocycles. The van der Waals surface area contributed by atoms with Gasteiger partial charge < -0.3 is 4.90 Å². The van der Waals surface area contributed by atoms with Crippen LogP contribution in [-0.4, -0.2) is 13.0 Å². The van der Waals surface area contributed by atoms with Gasteiger partial charge in [-0.3, -0.25) is 4.79 Å². The van der Waals surface area contributed by atoms with Crippen molar-refractivity contribution in [3.8, 4) is 11.1 Å². The normalized spacial score (nSPS) is 10.8. The van der Waals surface area contributed by atoms with Crippen molar-refractivity contribution in [3.63, 3.8) is 0 Å². The zero-order valence-corrected chi connectivity index (χ0v) is 15.6. The molecule has 0 unspecified atom stereocenters. The van der Waals surface area contributed by atoms with Crippen LogP contribution in [0.3, 0.4) is 0 Å². The highest BCUT2D eigenvalue weighted by Gasteiger charge is 2.19. The summed E-state index contributed by atoms with van der Waals surface area (Å²) in [5.41, 5.74) is 4.27. The summed E-state index contributed by atoms with van der Waals surface area (Å²) < 4.78 is 1.15. The van der Waals surface area contributed by atoms with Crippen LogP contribution in [0.1, 0.15) is 15.2 Å². The summed E-state index contributed by atoms with van der Waals surface area (Å²) in [6.45, 7) is 2.03.